The molecular weight excluding hydrogens is 875 g/mol. The van der Waals surface area contributed by atoms with Crippen molar-refractivity contribution in [3.63, 3.8) is 0 Å². The number of pyridine rings is 1. The number of hydrogen-bond donors (Lipinski definition) is 4. The zero-order valence-corrected chi connectivity index (χ0v) is 37.5. The molecule has 1 saturated heterocycles. The van der Waals surface area contributed by atoms with Gasteiger partial charge in [0.25, 0.3) is 5.91 Å². The lowest BCUT2D eigenvalue weighted by Crippen LogP contribution is -2.52. The molecule has 3 aromatic heterocycles. The molecule has 19 heteroatoms. The molecule has 342 valence electrons. The quantitative estimate of drug-likeness (QED) is 0.0448. The van der Waals surface area contributed by atoms with Crippen LogP contribution >= 0.6 is 22.9 Å². The number of rotatable bonds is 21. The van der Waals surface area contributed by atoms with Crippen LogP contribution < -0.4 is 26.0 Å². The molecule has 16 nitrogen and oxygen atoms in total. The molecule has 4 amide bonds. The number of piperidine rings is 1. The Morgan fingerprint density at radius 3 is 2.69 bits per heavy atom. The Kier molecular flexibility index (Phi) is 15.1. The lowest BCUT2D eigenvalue weighted by Gasteiger charge is -2.38. The Morgan fingerprint density at radius 2 is 1.86 bits per heavy atom. The van der Waals surface area contributed by atoms with Crippen molar-refractivity contribution in [3.05, 3.63) is 106 Å². The van der Waals surface area contributed by atoms with E-state index in [-0.39, 0.29) is 59.5 Å². The SMILES string of the molecule is O=C1CCC(N2Cc3cc(NC(=O)CNCCCOCCCCCn4cc([C@]5(Cc6cccc(Nc7nccs7)n6)CC[C@@H](Oc6cccc(Cl)c6F)CC5)nn4)ccc3C2=O)C(=O)N1. The predicted molar refractivity (Wildman–Crippen MR) is 243 cm³/mol. The van der Waals surface area contributed by atoms with Crippen molar-refractivity contribution in [2.24, 2.45) is 0 Å². The minimum atomic E-state index is -0.687. The van der Waals surface area contributed by atoms with Crippen LogP contribution in [-0.2, 0) is 44.0 Å². The van der Waals surface area contributed by atoms with Crippen LogP contribution in [0.25, 0.3) is 0 Å². The Morgan fingerprint density at radius 1 is 1.02 bits per heavy atom. The lowest BCUT2D eigenvalue weighted by molar-refractivity contribution is -0.137. The number of amides is 4. The van der Waals surface area contributed by atoms with E-state index >= 15 is 0 Å². The largest absolute Gasteiger partial charge is 0.487 e. The maximum absolute atomic E-state index is 14.7. The van der Waals surface area contributed by atoms with Gasteiger partial charge in [-0.15, -0.1) is 16.4 Å². The fraction of sp³-hybridized carbons (Fsp3) is 0.435. The van der Waals surface area contributed by atoms with Crippen LogP contribution in [0, 0.1) is 5.82 Å². The van der Waals surface area contributed by atoms with Gasteiger partial charge in [-0.3, -0.25) is 29.2 Å². The van der Waals surface area contributed by atoms with E-state index < -0.39 is 17.8 Å². The van der Waals surface area contributed by atoms with Crippen molar-refractivity contribution in [2.45, 2.75) is 101 Å². The first kappa shape index (κ1) is 45.7. The molecule has 65 heavy (non-hydrogen) atoms. The topological polar surface area (TPSA) is 195 Å². The number of benzene rings is 2. The van der Waals surface area contributed by atoms with E-state index in [0.717, 1.165) is 73.0 Å². The van der Waals surface area contributed by atoms with Crippen LogP contribution in [0.2, 0.25) is 5.02 Å². The highest BCUT2D eigenvalue weighted by Gasteiger charge is 2.41. The van der Waals surface area contributed by atoms with Gasteiger partial charge < -0.3 is 30.3 Å². The summed E-state index contributed by atoms with van der Waals surface area (Å²) in [6.45, 7) is 2.92. The molecule has 1 unspecified atom stereocenters. The van der Waals surface area contributed by atoms with Gasteiger partial charge in [-0.2, -0.15) is 0 Å². The monoisotopic (exact) mass is 926 g/mol. The molecule has 1 atom stereocenters. The summed E-state index contributed by atoms with van der Waals surface area (Å²) in [6, 6.07) is 15.2. The van der Waals surface area contributed by atoms with E-state index in [9.17, 15) is 23.6 Å². The average Bonchev–Trinajstić information content (AvgIpc) is 4.07. The van der Waals surface area contributed by atoms with E-state index in [1.165, 1.54) is 22.3 Å². The summed E-state index contributed by atoms with van der Waals surface area (Å²) in [5.74, 6) is -0.898. The molecule has 2 aromatic carbocycles. The number of aryl methyl sites for hydroxylation is 1. The Bertz CT molecular complexity index is 2460. The van der Waals surface area contributed by atoms with E-state index in [2.05, 4.69) is 37.7 Å². The van der Waals surface area contributed by atoms with Crippen LogP contribution in [0.1, 0.15) is 91.5 Å². The van der Waals surface area contributed by atoms with Crippen molar-refractivity contribution < 1.29 is 33.0 Å². The van der Waals surface area contributed by atoms with Crippen LogP contribution in [-0.4, -0.2) is 91.9 Å². The van der Waals surface area contributed by atoms with Gasteiger partial charge in [0.1, 0.15) is 11.9 Å². The standard InChI is InChI=1S/C46H52ClFN10O6S/c47-35-8-5-9-37(42(35)48)64-33-15-17-46(18-16-33,26-32-7-4-10-39(51-32)53-45-50-20-24-65-45)38-29-57(56-55-38)21-2-1-3-22-63-23-6-19-49-27-41(60)52-31-11-12-34-30(25-31)28-58(44(34)62)36-13-14-40(59)54-43(36)61/h4-5,7-12,20,24-25,29,33,36,49H,1-3,6,13-19,21-23,26-28H2,(H,52,60)(H,50,51,53)(H,54,59,61)/t33-,36?,46-. The second-order valence-electron chi connectivity index (χ2n) is 16.7. The molecule has 2 fully saturated rings. The third kappa shape index (κ3) is 11.7. The van der Waals surface area contributed by atoms with Gasteiger partial charge in [-0.05, 0) is 112 Å². The molecule has 1 saturated carbocycles. The number of carbonyl (C=O) groups excluding carboxylic acids is 4. The number of unbranched alkanes of at least 4 members (excludes halogenated alkanes) is 2. The molecule has 8 rings (SSSR count). The Hall–Kier alpha value is -5.82. The molecule has 0 bridgehead atoms. The van der Waals surface area contributed by atoms with Gasteiger partial charge >= 0.3 is 0 Å². The molecule has 0 spiro atoms. The number of ether oxygens (including phenoxy) is 2. The molecule has 4 N–H and O–H groups in total. The summed E-state index contributed by atoms with van der Waals surface area (Å²) in [6.07, 6.45) is 11.3. The van der Waals surface area contributed by atoms with Crippen LogP contribution in [0.5, 0.6) is 5.75 Å². The molecule has 2 aliphatic heterocycles. The molecule has 1 aliphatic carbocycles. The Labute approximate surface area is 385 Å². The van der Waals surface area contributed by atoms with Gasteiger partial charge in [-0.1, -0.05) is 28.9 Å². The van der Waals surface area contributed by atoms with E-state index in [4.69, 9.17) is 31.2 Å². The molecule has 3 aliphatic rings. The summed E-state index contributed by atoms with van der Waals surface area (Å²) in [7, 11) is 0. The van der Waals surface area contributed by atoms with E-state index in [1.807, 2.05) is 28.3 Å². The van der Waals surface area contributed by atoms with Gasteiger partial charge in [0.15, 0.2) is 16.7 Å². The van der Waals surface area contributed by atoms with E-state index in [0.29, 0.717) is 56.7 Å². The van der Waals surface area contributed by atoms with Crippen molar-refractivity contribution in [1.82, 2.24) is 40.5 Å². The first-order valence-corrected chi connectivity index (χ1v) is 23.4. The van der Waals surface area contributed by atoms with Crippen LogP contribution in [0.4, 0.5) is 21.0 Å². The summed E-state index contributed by atoms with van der Waals surface area (Å²) in [5, 5.41) is 23.6. The maximum atomic E-state index is 14.7. The van der Waals surface area contributed by atoms with Crippen molar-refractivity contribution in [1.29, 1.82) is 0 Å². The highest BCUT2D eigenvalue weighted by atomic mass is 35.5. The number of halogens is 2. The molecule has 0 radical (unpaired) electrons. The summed E-state index contributed by atoms with van der Waals surface area (Å²) in [5.41, 5.74) is 3.30. The second-order valence-corrected chi connectivity index (χ2v) is 18.0. The minimum absolute atomic E-state index is 0.0410. The molecule has 5 heterocycles. The number of aromatic nitrogens is 5. The number of fused-ring (bicyclic) bond motifs is 1. The molecular formula is C46H52ClFN10O6S. The number of thiazole rings is 1. The third-order valence-corrected chi connectivity index (χ3v) is 13.1. The zero-order chi connectivity index (χ0) is 45.2. The fourth-order valence-electron chi connectivity index (χ4n) is 8.69. The lowest BCUT2D eigenvalue weighted by atomic mass is 9.68. The van der Waals surface area contributed by atoms with Gasteiger partial charge in [0.2, 0.25) is 17.7 Å². The third-order valence-electron chi connectivity index (χ3n) is 12.1. The average molecular weight is 928 g/mol. The minimum Gasteiger partial charge on any atom is -0.487 e. The van der Waals surface area contributed by atoms with Crippen LogP contribution in [0.15, 0.2) is 72.4 Å². The Balaban J connectivity index is 0.735. The van der Waals surface area contributed by atoms with Gasteiger partial charge in [0, 0.05) is 79.3 Å². The van der Waals surface area contributed by atoms with Crippen molar-refractivity contribution in [3.8, 4) is 5.75 Å². The maximum Gasteiger partial charge on any atom is 0.255 e. The second kappa shape index (κ2) is 21.4. The van der Waals surface area contributed by atoms with Crippen LogP contribution in [0.3, 0.4) is 0 Å². The first-order chi connectivity index (χ1) is 31.6. The van der Waals surface area contributed by atoms with Crippen molar-refractivity contribution >= 4 is 63.2 Å². The summed E-state index contributed by atoms with van der Waals surface area (Å²) in [4.78, 5) is 60.2. The number of nitrogens with one attached hydrogen (secondary N) is 4. The zero-order valence-electron chi connectivity index (χ0n) is 35.9. The summed E-state index contributed by atoms with van der Waals surface area (Å²) < 4.78 is 28.6. The normalized spacial score (nSPS) is 19.5. The fourth-order valence-corrected chi connectivity index (χ4v) is 9.40. The number of imide groups is 1. The van der Waals surface area contributed by atoms with Gasteiger partial charge in [-0.25, -0.2) is 14.4 Å². The number of hydrogen-bond acceptors (Lipinski definition) is 13. The van der Waals surface area contributed by atoms with E-state index in [1.54, 1.807) is 36.5 Å². The number of nitrogens with zero attached hydrogens (tertiary/aromatic N) is 6. The number of carbonyl (C=O) groups is 4. The molecule has 5 aromatic rings. The smallest absolute Gasteiger partial charge is 0.255 e. The highest BCUT2D eigenvalue weighted by Crippen LogP contribution is 2.43. The highest BCUT2D eigenvalue weighted by molar-refractivity contribution is 7.13. The van der Waals surface area contributed by atoms with Gasteiger partial charge in [0.05, 0.1) is 23.4 Å². The number of anilines is 3. The predicted octanol–water partition coefficient (Wildman–Crippen LogP) is 6.73. The van der Waals surface area contributed by atoms with Crippen molar-refractivity contribution in [2.75, 3.05) is 36.9 Å². The summed E-state index contributed by atoms with van der Waals surface area (Å²) >= 11 is 7.54. The first-order valence-electron chi connectivity index (χ1n) is 22.1.